The molecule has 11 nitrogen and oxygen atoms in total. The van der Waals surface area contributed by atoms with Crippen molar-refractivity contribution in [1.82, 2.24) is 29.8 Å². The van der Waals surface area contributed by atoms with Crippen molar-refractivity contribution in [1.29, 1.82) is 0 Å². The summed E-state index contributed by atoms with van der Waals surface area (Å²) in [6.45, 7) is 5.30. The van der Waals surface area contributed by atoms with Crippen LogP contribution in [0.2, 0.25) is 0 Å². The number of hydrogen-bond acceptors (Lipinski definition) is 6. The standard InChI is InChI=1S/C14H15BrN8O3/c1-3-22-8(2)9(4-17-22)6-21-7-10(5-16-21)18-14(24)12-11(15)13(20-19-12)23(25)26/h4-5,7H,3,6H2,1-2H3,(H,18,24)(H,19,20). The second kappa shape index (κ2) is 7.07. The maximum atomic E-state index is 12.2. The van der Waals surface area contributed by atoms with Crippen LogP contribution in [0.1, 0.15) is 28.7 Å². The molecule has 0 spiro atoms. The van der Waals surface area contributed by atoms with E-state index in [0.717, 1.165) is 17.8 Å². The summed E-state index contributed by atoms with van der Waals surface area (Å²) < 4.78 is 3.56. The zero-order valence-electron chi connectivity index (χ0n) is 13.9. The van der Waals surface area contributed by atoms with Crippen LogP contribution >= 0.6 is 15.9 Å². The van der Waals surface area contributed by atoms with Crippen LogP contribution in [0.4, 0.5) is 11.5 Å². The van der Waals surface area contributed by atoms with Crippen molar-refractivity contribution in [3.63, 3.8) is 0 Å². The Labute approximate surface area is 155 Å². The van der Waals surface area contributed by atoms with E-state index < -0.39 is 10.8 Å². The van der Waals surface area contributed by atoms with E-state index in [1.807, 2.05) is 18.5 Å². The number of amides is 1. The van der Waals surface area contributed by atoms with Crippen LogP contribution in [0.3, 0.4) is 0 Å². The first-order valence-electron chi connectivity index (χ1n) is 7.64. The van der Waals surface area contributed by atoms with E-state index >= 15 is 0 Å². The summed E-state index contributed by atoms with van der Waals surface area (Å²) in [5, 5.41) is 27.8. The van der Waals surface area contributed by atoms with E-state index in [1.165, 1.54) is 6.20 Å². The normalized spacial score (nSPS) is 10.9. The highest BCUT2D eigenvalue weighted by molar-refractivity contribution is 9.10. The molecule has 0 aliphatic rings. The average molecular weight is 423 g/mol. The van der Waals surface area contributed by atoms with Crippen molar-refractivity contribution >= 4 is 33.3 Å². The Hall–Kier alpha value is -3.02. The van der Waals surface area contributed by atoms with E-state index in [4.69, 9.17) is 0 Å². The highest BCUT2D eigenvalue weighted by Crippen LogP contribution is 2.26. The molecular weight excluding hydrogens is 408 g/mol. The topological polar surface area (TPSA) is 137 Å². The molecule has 0 aliphatic heterocycles. The molecule has 136 valence electrons. The molecule has 3 rings (SSSR count). The second-order valence-electron chi connectivity index (χ2n) is 5.44. The fraction of sp³-hybridized carbons (Fsp3) is 0.286. The molecule has 0 bridgehead atoms. The largest absolute Gasteiger partial charge is 0.358 e. The number of aryl methyl sites for hydroxylation is 1. The van der Waals surface area contributed by atoms with E-state index in [0.29, 0.717) is 12.2 Å². The van der Waals surface area contributed by atoms with Crippen molar-refractivity contribution < 1.29 is 9.72 Å². The number of aromatic nitrogens is 6. The van der Waals surface area contributed by atoms with Crippen molar-refractivity contribution in [3.8, 4) is 0 Å². The zero-order chi connectivity index (χ0) is 18.8. The molecule has 0 aromatic carbocycles. The summed E-state index contributed by atoms with van der Waals surface area (Å²) >= 11 is 3.01. The molecule has 12 heteroatoms. The number of nitrogens with zero attached hydrogens (tertiary/aromatic N) is 6. The van der Waals surface area contributed by atoms with Gasteiger partial charge in [-0.3, -0.25) is 14.2 Å². The van der Waals surface area contributed by atoms with Gasteiger partial charge in [-0.05, 0) is 34.7 Å². The fourth-order valence-corrected chi connectivity index (χ4v) is 2.93. The second-order valence-corrected chi connectivity index (χ2v) is 6.24. The van der Waals surface area contributed by atoms with Crippen molar-refractivity contribution in [2.45, 2.75) is 26.9 Å². The van der Waals surface area contributed by atoms with Gasteiger partial charge < -0.3 is 15.4 Å². The Morgan fingerprint density at radius 1 is 1.42 bits per heavy atom. The maximum Gasteiger partial charge on any atom is 0.357 e. The Morgan fingerprint density at radius 2 is 2.19 bits per heavy atom. The SMILES string of the molecule is CCn1ncc(Cn2cc(NC(=O)c3n[nH]c([N+](=O)[O-])c3Br)cn2)c1C. The van der Waals surface area contributed by atoms with Crippen LogP contribution in [-0.4, -0.2) is 40.6 Å². The summed E-state index contributed by atoms with van der Waals surface area (Å²) in [6.07, 6.45) is 4.95. The number of halogens is 1. The Kier molecular flexibility index (Phi) is 4.84. The molecule has 26 heavy (non-hydrogen) atoms. The van der Waals surface area contributed by atoms with Gasteiger partial charge in [0, 0.05) is 24.0 Å². The highest BCUT2D eigenvalue weighted by Gasteiger charge is 2.25. The molecule has 0 saturated heterocycles. The third-order valence-corrected chi connectivity index (χ3v) is 4.57. The molecule has 2 N–H and O–H groups in total. The predicted octanol–water partition coefficient (Wildman–Crippen LogP) is 2.10. The van der Waals surface area contributed by atoms with Gasteiger partial charge in [0.25, 0.3) is 5.91 Å². The van der Waals surface area contributed by atoms with Crippen molar-refractivity contribution in [2.24, 2.45) is 0 Å². The number of anilines is 1. The van der Waals surface area contributed by atoms with Crippen molar-refractivity contribution in [2.75, 3.05) is 5.32 Å². The molecule has 1 amide bonds. The molecule has 0 atom stereocenters. The summed E-state index contributed by atoms with van der Waals surface area (Å²) in [4.78, 5) is 22.4. The first-order valence-corrected chi connectivity index (χ1v) is 8.43. The van der Waals surface area contributed by atoms with Gasteiger partial charge in [-0.15, -0.1) is 5.10 Å². The molecule has 3 aromatic rings. The van der Waals surface area contributed by atoms with Crippen LogP contribution in [-0.2, 0) is 13.1 Å². The lowest BCUT2D eigenvalue weighted by Gasteiger charge is -2.03. The third kappa shape index (κ3) is 3.35. The molecular formula is C14H15BrN8O3. The lowest BCUT2D eigenvalue weighted by molar-refractivity contribution is -0.390. The zero-order valence-corrected chi connectivity index (χ0v) is 15.5. The minimum atomic E-state index is -0.662. The monoisotopic (exact) mass is 422 g/mol. The molecule has 0 aliphatic carbocycles. The van der Waals surface area contributed by atoms with Gasteiger partial charge in [0.2, 0.25) is 0 Å². The first-order chi connectivity index (χ1) is 12.4. The molecule has 3 aromatic heterocycles. The van der Waals surface area contributed by atoms with E-state index in [9.17, 15) is 14.9 Å². The van der Waals surface area contributed by atoms with E-state index in [1.54, 1.807) is 17.1 Å². The number of nitro groups is 1. The van der Waals surface area contributed by atoms with E-state index in [2.05, 4.69) is 41.6 Å². The molecule has 0 unspecified atom stereocenters. The number of rotatable bonds is 6. The molecule has 0 fully saturated rings. The van der Waals surface area contributed by atoms with Gasteiger partial charge in [-0.2, -0.15) is 10.2 Å². The van der Waals surface area contributed by atoms with Crippen LogP contribution in [0, 0.1) is 17.0 Å². The van der Waals surface area contributed by atoms with Crippen LogP contribution in [0.5, 0.6) is 0 Å². The van der Waals surface area contributed by atoms with Gasteiger partial charge in [0.15, 0.2) is 5.69 Å². The van der Waals surface area contributed by atoms with Gasteiger partial charge in [0.1, 0.15) is 4.47 Å². The summed E-state index contributed by atoms with van der Waals surface area (Å²) in [7, 11) is 0. The Morgan fingerprint density at radius 3 is 2.81 bits per heavy atom. The molecule has 0 radical (unpaired) electrons. The fourth-order valence-electron chi connectivity index (χ4n) is 2.43. The third-order valence-electron chi connectivity index (χ3n) is 3.81. The van der Waals surface area contributed by atoms with Crippen molar-refractivity contribution in [3.05, 3.63) is 50.1 Å². The summed E-state index contributed by atoms with van der Waals surface area (Å²) in [5.41, 5.74) is 2.43. The lowest BCUT2D eigenvalue weighted by atomic mass is 10.2. The van der Waals surface area contributed by atoms with Crippen LogP contribution in [0.25, 0.3) is 0 Å². The number of hydrogen-bond donors (Lipinski definition) is 2. The van der Waals surface area contributed by atoms with Gasteiger partial charge in [0.05, 0.1) is 24.6 Å². The number of carbonyl (C=O) groups is 1. The van der Waals surface area contributed by atoms with Gasteiger partial charge in [-0.25, -0.2) is 0 Å². The molecule has 0 saturated carbocycles. The number of carbonyl (C=O) groups excluding carboxylic acids is 1. The lowest BCUT2D eigenvalue weighted by Crippen LogP contribution is -2.12. The summed E-state index contributed by atoms with van der Waals surface area (Å²) in [5.74, 6) is -0.968. The smallest absolute Gasteiger partial charge is 0.357 e. The average Bonchev–Trinajstić information content (AvgIpc) is 3.28. The minimum Gasteiger partial charge on any atom is -0.358 e. The van der Waals surface area contributed by atoms with Gasteiger partial charge in [-0.1, -0.05) is 5.10 Å². The quantitative estimate of drug-likeness (QED) is 0.460. The maximum absolute atomic E-state index is 12.2. The van der Waals surface area contributed by atoms with Crippen LogP contribution in [0.15, 0.2) is 23.1 Å². The predicted molar refractivity (Wildman–Crippen MR) is 94.9 cm³/mol. The minimum absolute atomic E-state index is 0.00463. The number of nitrogens with one attached hydrogen (secondary N) is 2. The number of aromatic amines is 1. The Bertz CT molecular complexity index is 973. The summed E-state index contributed by atoms with van der Waals surface area (Å²) in [6, 6.07) is 0. The van der Waals surface area contributed by atoms with Gasteiger partial charge >= 0.3 is 5.82 Å². The molecule has 3 heterocycles. The first kappa shape index (κ1) is 17.8. The highest BCUT2D eigenvalue weighted by atomic mass is 79.9. The van der Waals surface area contributed by atoms with Crippen LogP contribution < -0.4 is 5.32 Å². The van der Waals surface area contributed by atoms with E-state index in [-0.39, 0.29) is 16.0 Å². The number of H-pyrrole nitrogens is 1. The Balaban J connectivity index is 1.71.